The SMILES string of the molecule is CC(C)n1cc(Cn2cnc3cc(OC(F)F)ccc3c2=O)nn1. The summed E-state index contributed by atoms with van der Waals surface area (Å²) in [6, 6.07) is 4.22. The quantitative estimate of drug-likeness (QED) is 0.715. The molecule has 0 fully saturated rings. The molecule has 0 spiro atoms. The van der Waals surface area contributed by atoms with Crippen LogP contribution in [0.25, 0.3) is 10.9 Å². The average molecular weight is 335 g/mol. The highest BCUT2D eigenvalue weighted by atomic mass is 19.3. The standard InChI is InChI=1S/C15H15F2N5O2/c1-9(2)22-7-10(19-20-22)6-21-8-18-13-5-11(24-15(16)17)3-4-12(13)14(21)23/h3-5,7-9,15H,6H2,1-2H3. The van der Waals surface area contributed by atoms with Gasteiger partial charge in [-0.25, -0.2) is 9.67 Å². The Labute approximate surface area is 135 Å². The molecule has 0 bridgehead atoms. The van der Waals surface area contributed by atoms with Crippen LogP contribution in [0.2, 0.25) is 0 Å². The fourth-order valence-electron chi connectivity index (χ4n) is 2.24. The molecule has 7 nitrogen and oxygen atoms in total. The molecule has 0 aliphatic heterocycles. The molecule has 0 N–H and O–H groups in total. The van der Waals surface area contributed by atoms with Gasteiger partial charge >= 0.3 is 6.61 Å². The zero-order valence-corrected chi connectivity index (χ0v) is 13.1. The van der Waals surface area contributed by atoms with Crippen LogP contribution in [0.15, 0.2) is 35.5 Å². The summed E-state index contributed by atoms with van der Waals surface area (Å²) in [6.07, 6.45) is 3.12. The highest BCUT2D eigenvalue weighted by Gasteiger charge is 2.10. The molecule has 0 aliphatic carbocycles. The first-order valence-corrected chi connectivity index (χ1v) is 7.29. The molecule has 9 heteroatoms. The van der Waals surface area contributed by atoms with Crippen LogP contribution in [-0.4, -0.2) is 31.2 Å². The molecule has 126 valence electrons. The number of benzene rings is 1. The minimum atomic E-state index is -2.92. The molecular weight excluding hydrogens is 320 g/mol. The Morgan fingerprint density at radius 1 is 1.29 bits per heavy atom. The zero-order valence-electron chi connectivity index (χ0n) is 13.1. The summed E-state index contributed by atoms with van der Waals surface area (Å²) >= 11 is 0. The molecule has 0 aliphatic rings. The van der Waals surface area contributed by atoms with E-state index in [1.165, 1.54) is 29.1 Å². The van der Waals surface area contributed by atoms with E-state index in [0.717, 1.165) is 0 Å². The van der Waals surface area contributed by atoms with Crippen molar-refractivity contribution in [1.82, 2.24) is 24.5 Å². The molecule has 3 aromatic rings. The van der Waals surface area contributed by atoms with Crippen molar-refractivity contribution in [2.45, 2.75) is 33.0 Å². The molecular formula is C15H15F2N5O2. The van der Waals surface area contributed by atoms with Gasteiger partial charge < -0.3 is 4.74 Å². The van der Waals surface area contributed by atoms with E-state index in [1.807, 2.05) is 13.8 Å². The molecule has 0 amide bonds. The summed E-state index contributed by atoms with van der Waals surface area (Å²) in [7, 11) is 0. The van der Waals surface area contributed by atoms with Crippen molar-refractivity contribution in [3.05, 3.63) is 46.8 Å². The Morgan fingerprint density at radius 2 is 2.08 bits per heavy atom. The van der Waals surface area contributed by atoms with Gasteiger partial charge in [-0.05, 0) is 26.0 Å². The van der Waals surface area contributed by atoms with Crippen molar-refractivity contribution in [1.29, 1.82) is 0 Å². The Kier molecular flexibility index (Phi) is 4.24. The minimum absolute atomic E-state index is 0.0398. The number of alkyl halides is 2. The lowest BCUT2D eigenvalue weighted by Crippen LogP contribution is -2.21. The van der Waals surface area contributed by atoms with Gasteiger partial charge in [0.2, 0.25) is 0 Å². The molecule has 2 aromatic heterocycles. The first kappa shape index (κ1) is 16.0. The highest BCUT2D eigenvalue weighted by Crippen LogP contribution is 2.18. The second-order valence-corrected chi connectivity index (χ2v) is 5.52. The summed E-state index contributed by atoms with van der Waals surface area (Å²) in [5.41, 5.74) is 0.632. The van der Waals surface area contributed by atoms with Crippen molar-refractivity contribution in [3.63, 3.8) is 0 Å². The molecule has 1 aromatic carbocycles. The molecule has 3 rings (SSSR count). The van der Waals surface area contributed by atoms with Gasteiger partial charge in [0.15, 0.2) is 0 Å². The van der Waals surface area contributed by atoms with Crippen LogP contribution in [0.3, 0.4) is 0 Å². The third-order valence-corrected chi connectivity index (χ3v) is 3.44. The van der Waals surface area contributed by atoms with Crippen molar-refractivity contribution in [2.75, 3.05) is 0 Å². The fraction of sp³-hybridized carbons (Fsp3) is 0.333. The lowest BCUT2D eigenvalue weighted by atomic mass is 10.2. The summed E-state index contributed by atoms with van der Waals surface area (Å²) in [6.45, 7) is 1.25. The monoisotopic (exact) mass is 335 g/mol. The van der Waals surface area contributed by atoms with Crippen LogP contribution in [0.4, 0.5) is 8.78 Å². The summed E-state index contributed by atoms with van der Waals surface area (Å²) in [5, 5.41) is 8.32. The van der Waals surface area contributed by atoms with Gasteiger partial charge in [-0.15, -0.1) is 5.10 Å². The largest absolute Gasteiger partial charge is 0.435 e. The highest BCUT2D eigenvalue weighted by molar-refractivity contribution is 5.78. The van der Waals surface area contributed by atoms with Crippen LogP contribution in [0.5, 0.6) is 5.75 Å². The van der Waals surface area contributed by atoms with Crippen LogP contribution in [0.1, 0.15) is 25.6 Å². The number of hydrogen-bond donors (Lipinski definition) is 0. The zero-order chi connectivity index (χ0) is 17.3. The maximum absolute atomic E-state index is 12.5. The number of aromatic nitrogens is 5. The maximum atomic E-state index is 12.5. The van der Waals surface area contributed by atoms with E-state index in [1.54, 1.807) is 10.9 Å². The molecule has 0 radical (unpaired) electrons. The van der Waals surface area contributed by atoms with Crippen LogP contribution in [-0.2, 0) is 6.54 Å². The lowest BCUT2D eigenvalue weighted by molar-refractivity contribution is -0.0497. The lowest BCUT2D eigenvalue weighted by Gasteiger charge is -2.07. The van der Waals surface area contributed by atoms with Gasteiger partial charge in [0.1, 0.15) is 11.4 Å². The van der Waals surface area contributed by atoms with E-state index in [-0.39, 0.29) is 23.9 Å². The molecule has 2 heterocycles. The smallest absolute Gasteiger partial charge is 0.387 e. The Bertz CT molecular complexity index is 920. The van der Waals surface area contributed by atoms with Gasteiger partial charge in [0.05, 0.1) is 30.0 Å². The predicted octanol–water partition coefficient (Wildman–Crippen LogP) is 2.22. The fourth-order valence-corrected chi connectivity index (χ4v) is 2.24. The topological polar surface area (TPSA) is 74.8 Å². The summed E-state index contributed by atoms with van der Waals surface area (Å²) in [5.74, 6) is -0.0398. The third-order valence-electron chi connectivity index (χ3n) is 3.44. The van der Waals surface area contributed by atoms with Gasteiger partial charge in [0.25, 0.3) is 5.56 Å². The number of ether oxygens (including phenoxy) is 1. The molecule has 0 atom stereocenters. The van der Waals surface area contributed by atoms with Gasteiger partial charge in [-0.2, -0.15) is 8.78 Å². The number of fused-ring (bicyclic) bond motifs is 1. The molecule has 24 heavy (non-hydrogen) atoms. The predicted molar refractivity (Wildman–Crippen MR) is 82.1 cm³/mol. The Balaban J connectivity index is 1.92. The van der Waals surface area contributed by atoms with Gasteiger partial charge in [-0.1, -0.05) is 5.21 Å². The number of nitrogens with zero attached hydrogens (tertiary/aromatic N) is 5. The third kappa shape index (κ3) is 3.24. The molecule has 0 saturated carbocycles. The first-order chi connectivity index (χ1) is 11.4. The van der Waals surface area contributed by atoms with Crippen molar-refractivity contribution in [2.24, 2.45) is 0 Å². The minimum Gasteiger partial charge on any atom is -0.435 e. The van der Waals surface area contributed by atoms with E-state index in [9.17, 15) is 13.6 Å². The van der Waals surface area contributed by atoms with Crippen LogP contribution >= 0.6 is 0 Å². The van der Waals surface area contributed by atoms with Crippen molar-refractivity contribution >= 4 is 10.9 Å². The summed E-state index contributed by atoms with van der Waals surface area (Å²) in [4.78, 5) is 16.6. The van der Waals surface area contributed by atoms with E-state index in [0.29, 0.717) is 16.6 Å². The number of hydrogen-bond acceptors (Lipinski definition) is 5. The Morgan fingerprint density at radius 3 is 2.75 bits per heavy atom. The van der Waals surface area contributed by atoms with E-state index in [2.05, 4.69) is 20.0 Å². The first-order valence-electron chi connectivity index (χ1n) is 7.29. The number of rotatable bonds is 5. The van der Waals surface area contributed by atoms with Gasteiger partial charge in [0, 0.05) is 12.1 Å². The second-order valence-electron chi connectivity index (χ2n) is 5.52. The van der Waals surface area contributed by atoms with E-state index in [4.69, 9.17) is 0 Å². The van der Waals surface area contributed by atoms with E-state index < -0.39 is 6.61 Å². The average Bonchev–Trinajstić information content (AvgIpc) is 2.98. The Hall–Kier alpha value is -2.84. The van der Waals surface area contributed by atoms with Crippen LogP contribution < -0.4 is 10.3 Å². The van der Waals surface area contributed by atoms with E-state index >= 15 is 0 Å². The molecule has 0 unspecified atom stereocenters. The van der Waals surface area contributed by atoms with Crippen molar-refractivity contribution < 1.29 is 13.5 Å². The van der Waals surface area contributed by atoms with Crippen LogP contribution in [0, 0.1) is 0 Å². The number of halogens is 2. The summed E-state index contributed by atoms with van der Waals surface area (Å²) < 4.78 is 31.9. The maximum Gasteiger partial charge on any atom is 0.387 e. The van der Waals surface area contributed by atoms with Gasteiger partial charge in [-0.3, -0.25) is 9.36 Å². The molecule has 0 saturated heterocycles. The van der Waals surface area contributed by atoms with Crippen molar-refractivity contribution in [3.8, 4) is 5.75 Å². The second kappa shape index (κ2) is 6.34. The normalized spacial score (nSPS) is 11.6.